The zero-order valence-corrected chi connectivity index (χ0v) is 14.5. The summed E-state index contributed by atoms with van der Waals surface area (Å²) in [4.78, 5) is 49.0. The molecule has 2 aromatic rings. The van der Waals surface area contributed by atoms with Gasteiger partial charge in [-0.15, -0.1) is 0 Å². The lowest BCUT2D eigenvalue weighted by Gasteiger charge is -2.11. The lowest BCUT2D eigenvalue weighted by atomic mass is 10.1. The average Bonchev–Trinajstić information content (AvgIpc) is 2.61. The lowest BCUT2D eigenvalue weighted by molar-refractivity contribution is -0.116. The van der Waals surface area contributed by atoms with Gasteiger partial charge in [0.1, 0.15) is 0 Å². The summed E-state index contributed by atoms with van der Waals surface area (Å²) >= 11 is 0. The molecule has 138 valence electrons. The van der Waals surface area contributed by atoms with Gasteiger partial charge >= 0.3 is 11.7 Å². The fraction of sp³-hybridized carbons (Fsp3) is 0.333. The molecule has 2 N–H and O–H groups in total. The average molecular weight is 359 g/mol. The molecule has 0 aliphatic rings. The number of amides is 1. The zero-order chi connectivity index (χ0) is 18.9. The Balaban J connectivity index is 1.99. The second kappa shape index (κ2) is 9.36. The second-order valence-corrected chi connectivity index (χ2v) is 5.64. The van der Waals surface area contributed by atoms with Crippen LogP contribution in [0.3, 0.4) is 0 Å². The molecule has 8 heteroatoms. The number of nitrogens with zero attached hydrogens (tertiary/aromatic N) is 1. The Hall–Kier alpha value is -3.16. The number of hydrogen-bond acceptors (Lipinski definition) is 5. The van der Waals surface area contributed by atoms with E-state index in [1.807, 2.05) is 6.92 Å². The van der Waals surface area contributed by atoms with Crippen molar-refractivity contribution in [1.82, 2.24) is 9.55 Å². The van der Waals surface area contributed by atoms with Gasteiger partial charge in [0, 0.05) is 25.2 Å². The second-order valence-electron chi connectivity index (χ2n) is 5.64. The van der Waals surface area contributed by atoms with E-state index in [0.29, 0.717) is 12.3 Å². The molecule has 0 saturated heterocycles. The van der Waals surface area contributed by atoms with Crippen molar-refractivity contribution >= 4 is 17.6 Å². The van der Waals surface area contributed by atoms with Crippen LogP contribution in [0.25, 0.3) is 0 Å². The third-order valence-corrected chi connectivity index (χ3v) is 3.63. The molecule has 1 heterocycles. The topological polar surface area (TPSA) is 110 Å². The predicted octanol–water partition coefficient (Wildman–Crippen LogP) is 1.52. The van der Waals surface area contributed by atoms with E-state index in [2.05, 4.69) is 10.3 Å². The number of benzene rings is 1. The number of esters is 1. The molecule has 1 aromatic heterocycles. The first-order valence-corrected chi connectivity index (χ1v) is 8.37. The van der Waals surface area contributed by atoms with Crippen LogP contribution in [0, 0.1) is 0 Å². The number of nitrogens with one attached hydrogen (secondary N) is 2. The molecule has 0 radical (unpaired) electrons. The van der Waals surface area contributed by atoms with Gasteiger partial charge in [0.05, 0.1) is 17.9 Å². The van der Waals surface area contributed by atoms with Crippen molar-refractivity contribution < 1.29 is 14.3 Å². The number of H-pyrrole nitrogens is 1. The van der Waals surface area contributed by atoms with E-state index in [9.17, 15) is 19.2 Å². The molecular formula is C18H21N3O5. The van der Waals surface area contributed by atoms with Crippen molar-refractivity contribution in [3.63, 3.8) is 0 Å². The van der Waals surface area contributed by atoms with Crippen molar-refractivity contribution in [3.05, 3.63) is 62.9 Å². The number of carbonyl (C=O) groups is 2. The summed E-state index contributed by atoms with van der Waals surface area (Å²) in [6, 6.07) is 7.79. The number of aryl methyl sites for hydroxylation is 1. The molecule has 0 bridgehead atoms. The molecule has 8 nitrogen and oxygen atoms in total. The molecule has 1 aromatic carbocycles. The van der Waals surface area contributed by atoms with Gasteiger partial charge in [-0.2, -0.15) is 0 Å². The van der Waals surface area contributed by atoms with Crippen molar-refractivity contribution in [2.45, 2.75) is 32.7 Å². The molecule has 0 spiro atoms. The number of rotatable bonds is 8. The number of unbranched alkanes of at least 4 members (excludes halogenated alkanes) is 1. The minimum atomic E-state index is -0.579. The summed E-state index contributed by atoms with van der Waals surface area (Å²) in [7, 11) is 0. The molecule has 0 aliphatic carbocycles. The smallest absolute Gasteiger partial charge is 0.340 e. The largest absolute Gasteiger partial charge is 0.462 e. The third-order valence-electron chi connectivity index (χ3n) is 3.63. The van der Waals surface area contributed by atoms with E-state index in [0.717, 1.165) is 12.8 Å². The number of aromatic nitrogens is 2. The first kappa shape index (κ1) is 19.2. The molecule has 0 atom stereocenters. The van der Waals surface area contributed by atoms with Crippen LogP contribution in [-0.4, -0.2) is 28.0 Å². The zero-order valence-electron chi connectivity index (χ0n) is 14.5. The quantitative estimate of drug-likeness (QED) is 0.548. The van der Waals surface area contributed by atoms with Gasteiger partial charge in [0.25, 0.3) is 5.56 Å². The van der Waals surface area contributed by atoms with E-state index in [4.69, 9.17) is 4.74 Å². The summed E-state index contributed by atoms with van der Waals surface area (Å²) in [6.45, 7) is 2.42. The maximum absolute atomic E-state index is 12.1. The molecular weight excluding hydrogens is 338 g/mol. The Morgan fingerprint density at radius 3 is 2.69 bits per heavy atom. The number of para-hydroxylation sites is 1. The van der Waals surface area contributed by atoms with Crippen molar-refractivity contribution in [2.24, 2.45) is 0 Å². The highest BCUT2D eigenvalue weighted by Crippen LogP contribution is 2.16. The molecule has 0 fully saturated rings. The van der Waals surface area contributed by atoms with E-state index in [1.54, 1.807) is 24.3 Å². The standard InChI is InChI=1S/C18H21N3O5/c1-2-3-12-26-17(24)13-6-4-5-7-14(13)19-15(22)8-10-21-11-9-16(23)20-18(21)25/h4-7,9,11H,2-3,8,10,12H2,1H3,(H,19,22)(H,20,23,25). The van der Waals surface area contributed by atoms with Gasteiger partial charge in [-0.3, -0.25) is 14.6 Å². The van der Waals surface area contributed by atoms with Crippen molar-refractivity contribution in [3.8, 4) is 0 Å². The maximum Gasteiger partial charge on any atom is 0.340 e. The Morgan fingerprint density at radius 2 is 1.96 bits per heavy atom. The van der Waals surface area contributed by atoms with Crippen LogP contribution in [0.15, 0.2) is 46.1 Å². The number of hydrogen-bond donors (Lipinski definition) is 2. The van der Waals surface area contributed by atoms with Crippen LogP contribution in [0.2, 0.25) is 0 Å². The highest BCUT2D eigenvalue weighted by atomic mass is 16.5. The van der Waals surface area contributed by atoms with E-state index in [-0.39, 0.29) is 24.4 Å². The third kappa shape index (κ3) is 5.44. The summed E-state index contributed by atoms with van der Waals surface area (Å²) in [5, 5.41) is 2.66. The minimum absolute atomic E-state index is 0.00513. The summed E-state index contributed by atoms with van der Waals surface area (Å²) < 4.78 is 6.41. The normalized spacial score (nSPS) is 10.3. The van der Waals surface area contributed by atoms with E-state index < -0.39 is 17.2 Å². The summed E-state index contributed by atoms with van der Waals surface area (Å²) in [5.74, 6) is -0.858. The van der Waals surface area contributed by atoms with Gasteiger partial charge in [0.2, 0.25) is 5.91 Å². The van der Waals surface area contributed by atoms with Crippen LogP contribution in [-0.2, 0) is 16.1 Å². The van der Waals surface area contributed by atoms with Crippen molar-refractivity contribution in [1.29, 1.82) is 0 Å². The Bertz CT molecular complexity index is 885. The first-order valence-electron chi connectivity index (χ1n) is 8.37. The van der Waals surface area contributed by atoms with E-state index in [1.165, 1.54) is 16.8 Å². The summed E-state index contributed by atoms with van der Waals surface area (Å²) in [5.41, 5.74) is -0.442. The molecule has 0 saturated carbocycles. The van der Waals surface area contributed by atoms with Crippen molar-refractivity contribution in [2.75, 3.05) is 11.9 Å². The summed E-state index contributed by atoms with van der Waals surface area (Å²) in [6.07, 6.45) is 3.02. The molecule has 26 heavy (non-hydrogen) atoms. The van der Waals surface area contributed by atoms with Crippen LogP contribution >= 0.6 is 0 Å². The highest BCUT2D eigenvalue weighted by molar-refractivity contribution is 6.01. The van der Waals surface area contributed by atoms with Crippen LogP contribution < -0.4 is 16.6 Å². The SMILES string of the molecule is CCCCOC(=O)c1ccccc1NC(=O)CCn1ccc(=O)[nH]c1=O. The van der Waals surface area contributed by atoms with Crippen LogP contribution in [0.1, 0.15) is 36.5 Å². The molecule has 0 aliphatic heterocycles. The number of aromatic amines is 1. The number of ether oxygens (including phenoxy) is 1. The number of anilines is 1. The first-order chi connectivity index (χ1) is 12.5. The van der Waals surface area contributed by atoms with E-state index >= 15 is 0 Å². The van der Waals surface area contributed by atoms with Gasteiger partial charge in [-0.25, -0.2) is 9.59 Å². The fourth-order valence-electron chi connectivity index (χ4n) is 2.21. The Kier molecular flexibility index (Phi) is 6.90. The Morgan fingerprint density at radius 1 is 1.19 bits per heavy atom. The van der Waals surface area contributed by atoms with Crippen LogP contribution in [0.5, 0.6) is 0 Å². The van der Waals surface area contributed by atoms with Gasteiger partial charge in [-0.1, -0.05) is 25.5 Å². The van der Waals surface area contributed by atoms with Gasteiger partial charge in [0.15, 0.2) is 0 Å². The maximum atomic E-state index is 12.1. The molecule has 2 rings (SSSR count). The fourth-order valence-corrected chi connectivity index (χ4v) is 2.21. The minimum Gasteiger partial charge on any atom is -0.462 e. The molecule has 0 unspecified atom stereocenters. The number of carbonyl (C=O) groups excluding carboxylic acids is 2. The Labute approximate surface area is 149 Å². The lowest BCUT2D eigenvalue weighted by Crippen LogP contribution is -2.29. The monoisotopic (exact) mass is 359 g/mol. The predicted molar refractivity (Wildman–Crippen MR) is 96.2 cm³/mol. The van der Waals surface area contributed by atoms with Crippen LogP contribution in [0.4, 0.5) is 5.69 Å². The molecule has 1 amide bonds. The van der Waals surface area contributed by atoms with Gasteiger partial charge in [-0.05, 0) is 18.6 Å². The highest BCUT2D eigenvalue weighted by Gasteiger charge is 2.14. The van der Waals surface area contributed by atoms with Gasteiger partial charge < -0.3 is 14.6 Å².